The average Bonchev–Trinajstić information content (AvgIpc) is 1.62. The molecule has 4 aliphatic heterocycles. The van der Waals surface area contributed by atoms with Gasteiger partial charge in [0.1, 0.15) is 17.6 Å². The smallest absolute Gasteiger partial charge is 0.339 e. The number of pyridine rings is 9. The Bertz CT molecular complexity index is 5930. The second-order valence-corrected chi connectivity index (χ2v) is 27.0. The number of aromatic carboxylic acids is 1. The van der Waals surface area contributed by atoms with E-state index in [2.05, 4.69) is 167 Å². The van der Waals surface area contributed by atoms with E-state index in [1.165, 1.54) is 12.1 Å². The zero-order chi connectivity index (χ0) is 80.6. The molecule has 22 nitrogen and oxygen atoms in total. The lowest BCUT2D eigenvalue weighted by molar-refractivity contribution is 0.0693. The van der Waals surface area contributed by atoms with E-state index in [1.54, 1.807) is 36.7 Å². The minimum Gasteiger partial charge on any atom is -0.507 e. The third-order valence-corrected chi connectivity index (χ3v) is 19.7. The van der Waals surface area contributed by atoms with Crippen molar-refractivity contribution in [2.45, 2.75) is 0 Å². The van der Waals surface area contributed by atoms with Crippen molar-refractivity contribution in [1.29, 1.82) is 0 Å². The number of rotatable bonds is 10. The van der Waals surface area contributed by atoms with Crippen LogP contribution < -0.4 is 0 Å². The van der Waals surface area contributed by atoms with Crippen LogP contribution in [0.5, 0.6) is 5.75 Å². The molecule has 16 bridgehead atoms. The molecule has 1 aromatic carbocycles. The van der Waals surface area contributed by atoms with Gasteiger partial charge in [-0.2, -0.15) is 0 Å². The molecule has 0 spiro atoms. The number of carboxylic acid groups (broad SMARTS) is 1. The maximum Gasteiger partial charge on any atom is 0.339 e. The number of aromatic nitrogens is 18. The van der Waals surface area contributed by atoms with E-state index >= 15 is 0 Å². The third-order valence-electron chi connectivity index (χ3n) is 19.7. The van der Waals surface area contributed by atoms with E-state index in [4.69, 9.17) is 30.1 Å². The van der Waals surface area contributed by atoms with Crippen molar-refractivity contribution in [2.75, 3.05) is 0 Å². The van der Waals surface area contributed by atoms with Gasteiger partial charge in [0.2, 0.25) is 0 Å². The third kappa shape index (κ3) is 16.5. The molecule has 0 radical (unpaired) electrons. The molecule has 22 heteroatoms. The van der Waals surface area contributed by atoms with Crippen molar-refractivity contribution in [3.63, 3.8) is 0 Å². The van der Waals surface area contributed by atoms with Crippen LogP contribution in [0, 0.1) is 0 Å². The first-order valence-corrected chi connectivity index (χ1v) is 37.7. The van der Waals surface area contributed by atoms with Crippen molar-refractivity contribution >= 4 is 105 Å². The Morgan fingerprint density at radius 1 is 0.252 bits per heavy atom. The molecule has 4 aliphatic rings. The fourth-order valence-corrected chi connectivity index (χ4v) is 14.4. The van der Waals surface area contributed by atoms with Crippen LogP contribution in [0.2, 0.25) is 0 Å². The Hall–Kier alpha value is -17.0. The Morgan fingerprint density at radius 3 is 0.597 bits per heavy atom. The number of benzene rings is 1. The topological polar surface area (TPSA) is 321 Å². The first-order valence-electron chi connectivity index (χ1n) is 37.7. The van der Waals surface area contributed by atoms with Crippen LogP contribution in [-0.2, 0) is 0 Å². The number of nitrogens with one attached hydrogen (secondary N) is 5. The summed E-state index contributed by atoms with van der Waals surface area (Å²) in [4.78, 5) is 97.3. The second-order valence-electron chi connectivity index (χ2n) is 27.0. The van der Waals surface area contributed by atoms with Crippen LogP contribution in [0.1, 0.15) is 66.3 Å². The summed E-state index contributed by atoms with van der Waals surface area (Å²) in [6.07, 6.45) is 53.4. The number of H-pyrrole nitrogens is 5. The van der Waals surface area contributed by atoms with E-state index in [1.807, 2.05) is 221 Å². The number of carbonyl (C=O) groups excluding carboxylic acids is 1. The van der Waals surface area contributed by atoms with Crippen LogP contribution >= 0.6 is 0 Å². The van der Waals surface area contributed by atoms with Gasteiger partial charge in [0, 0.05) is 218 Å². The number of hydrogen-bond acceptors (Lipinski definition) is 16. The van der Waals surface area contributed by atoms with E-state index in [-0.39, 0.29) is 11.3 Å². The van der Waals surface area contributed by atoms with Crippen LogP contribution in [-0.4, -0.2) is 112 Å². The van der Waals surface area contributed by atoms with Crippen LogP contribution in [0.25, 0.3) is 182 Å². The highest BCUT2D eigenvalue weighted by atomic mass is 16.4. The number of hydrogen-bond donors (Lipinski definition) is 7. The molecule has 17 aromatic rings. The highest BCUT2D eigenvalue weighted by molar-refractivity contribution is 6.03. The molecule has 0 saturated heterocycles. The van der Waals surface area contributed by atoms with Crippen molar-refractivity contribution in [3.8, 4) is 94.8 Å². The van der Waals surface area contributed by atoms with Crippen molar-refractivity contribution in [1.82, 2.24) is 89.7 Å². The number of carbonyl (C=O) groups is 2. The van der Waals surface area contributed by atoms with Gasteiger partial charge in [0.25, 0.3) is 0 Å². The predicted octanol–water partition coefficient (Wildman–Crippen LogP) is 20.8. The summed E-state index contributed by atoms with van der Waals surface area (Å²) in [6.45, 7) is 0. The molecule has 16 aromatic heterocycles. The van der Waals surface area contributed by atoms with Gasteiger partial charge in [0.05, 0.1) is 45.6 Å². The van der Waals surface area contributed by atoms with Gasteiger partial charge in [-0.15, -0.1) is 0 Å². The van der Waals surface area contributed by atoms with Gasteiger partial charge in [-0.25, -0.2) is 24.7 Å². The lowest BCUT2D eigenvalue weighted by atomic mass is 10.1. The molecular formula is C97H68N18O4. The van der Waals surface area contributed by atoms with E-state index < -0.39 is 5.97 Å². The molecular weight excluding hydrogens is 1480 g/mol. The minimum absolute atomic E-state index is 0.0671. The summed E-state index contributed by atoms with van der Waals surface area (Å²) in [5.41, 5.74) is 30.7. The maximum absolute atomic E-state index is 10.3. The van der Waals surface area contributed by atoms with Gasteiger partial charge in [-0.1, -0.05) is 12.1 Å². The number of aldehydes is 1. The molecule has 7 N–H and O–H groups in total. The molecule has 0 saturated carbocycles. The highest BCUT2D eigenvalue weighted by Crippen LogP contribution is 2.42. The number of carboxylic acids is 1. The highest BCUT2D eigenvalue weighted by Gasteiger charge is 2.23. The largest absolute Gasteiger partial charge is 0.507 e. The summed E-state index contributed by atoms with van der Waals surface area (Å²) >= 11 is 0. The SMILES string of the molecule is C1=Cc2nc1c(-c1ccncc1)c1ccc([nH]1)c(-c1ccncc1)c1nc(c(-c3ccncc3)c3ccc([nH]3)c2-c2ccncc2)C=C1.C1=Cc2nc1c(-c1ccncc1)c1ccc([nH]1)c(-c1ccncc1)c1nc(c(-c3ccncc3)c3ccc([nH]3)c2-c2ccncc2)C=C1.O=C(O)c1ccccc1O.O=Cc1ccncc1.c1cc[nH]c1. The molecule has 0 aliphatic carbocycles. The van der Waals surface area contributed by atoms with Gasteiger partial charge in [-0.3, -0.25) is 49.7 Å². The Morgan fingerprint density at radius 2 is 0.445 bits per heavy atom. The van der Waals surface area contributed by atoms with Gasteiger partial charge < -0.3 is 35.1 Å². The summed E-state index contributed by atoms with van der Waals surface area (Å²) in [6, 6.07) is 62.2. The lowest BCUT2D eigenvalue weighted by Gasteiger charge is -2.06. The summed E-state index contributed by atoms with van der Waals surface area (Å²) in [7, 11) is 0. The predicted molar refractivity (Wildman–Crippen MR) is 469 cm³/mol. The first-order chi connectivity index (χ1) is 58.7. The summed E-state index contributed by atoms with van der Waals surface area (Å²) in [5.74, 6) is -1.31. The number of aromatic amines is 5. The molecule has 0 fully saturated rings. The van der Waals surface area contributed by atoms with Gasteiger partial charge in [0.15, 0.2) is 0 Å². The minimum atomic E-state index is -1.11. The molecule has 0 unspecified atom stereocenters. The van der Waals surface area contributed by atoms with E-state index in [0.29, 0.717) is 5.56 Å². The standard InChI is InChI=1S/2C40H26N8.C7H6O3.C6H5NO.C4H5N/c2*1-2-30-38(26-11-19-42-20-12-26)32-5-6-34(47-32)40(28-15-23-44-24-16-28)36-8-7-35(48-36)39(27-13-21-43-22-14-27)33-4-3-31(46-33)37(29(1)45-30)25-9-17-41-18-10-25;8-6-4-2-1-3-5(6)7(9)10;8-5-6-1-3-7-4-2-6;1-2-4-5-3-1/h2*1-24,45,48H;1-4,8H,(H,9,10);1-5H;1-5H. The average molecular weight is 1550 g/mol. The Kier molecular flexibility index (Phi) is 21.9. The fourth-order valence-electron chi connectivity index (χ4n) is 14.4. The normalized spacial score (nSPS) is 11.4. The number of fused-ring (bicyclic) bond motifs is 16. The second kappa shape index (κ2) is 34.9. The quantitative estimate of drug-likeness (QED) is 0.0626. The molecule has 0 amide bonds. The van der Waals surface area contributed by atoms with Gasteiger partial charge in [-0.05, 0) is 275 Å². The number of phenols is 1. The zero-order valence-corrected chi connectivity index (χ0v) is 63.2. The van der Waals surface area contributed by atoms with Crippen LogP contribution in [0.3, 0.4) is 0 Å². The maximum atomic E-state index is 10.3. The van der Waals surface area contributed by atoms with E-state index in [0.717, 1.165) is 185 Å². The monoisotopic (exact) mass is 1550 g/mol. The molecule has 20 heterocycles. The number of para-hydroxylation sites is 1. The first kappa shape index (κ1) is 74.7. The summed E-state index contributed by atoms with van der Waals surface area (Å²) in [5, 5.41) is 17.3. The van der Waals surface area contributed by atoms with Crippen molar-refractivity contribution in [3.05, 3.63) is 375 Å². The molecule has 119 heavy (non-hydrogen) atoms. The van der Waals surface area contributed by atoms with Crippen LogP contribution in [0.4, 0.5) is 0 Å². The Labute approximate surface area is 680 Å². The molecule has 0 atom stereocenters. The summed E-state index contributed by atoms with van der Waals surface area (Å²) < 4.78 is 0. The fraction of sp³-hybridized carbons (Fsp3) is 0. The molecule has 570 valence electrons. The van der Waals surface area contributed by atoms with Crippen LogP contribution in [0.15, 0.2) is 318 Å². The zero-order valence-electron chi connectivity index (χ0n) is 63.2. The lowest BCUT2D eigenvalue weighted by Crippen LogP contribution is -1.95. The Balaban J connectivity index is 0.000000134. The van der Waals surface area contributed by atoms with Crippen molar-refractivity contribution < 1.29 is 19.8 Å². The van der Waals surface area contributed by atoms with Crippen molar-refractivity contribution in [2.24, 2.45) is 0 Å². The molecule has 21 rings (SSSR count). The van der Waals surface area contributed by atoms with E-state index in [9.17, 15) is 9.59 Å². The number of nitrogens with zero attached hydrogens (tertiary/aromatic N) is 13. The number of aromatic hydroxyl groups is 1. The van der Waals surface area contributed by atoms with Gasteiger partial charge >= 0.3 is 5.97 Å².